The number of nitro groups is 1. The Balaban J connectivity index is 2.33. The van der Waals surface area contributed by atoms with Crippen molar-refractivity contribution in [3.63, 3.8) is 0 Å². The van der Waals surface area contributed by atoms with E-state index in [1.165, 1.54) is 31.2 Å². The van der Waals surface area contributed by atoms with Crippen LogP contribution in [0, 0.1) is 10.1 Å². The van der Waals surface area contributed by atoms with E-state index in [1.54, 1.807) is 17.0 Å². The molecule has 170 valence electrons. The van der Waals surface area contributed by atoms with Crippen molar-refractivity contribution in [2.45, 2.75) is 52.8 Å². The third-order valence-electron chi connectivity index (χ3n) is 4.80. The van der Waals surface area contributed by atoms with Gasteiger partial charge in [0, 0.05) is 29.3 Å². The Labute approximate surface area is 191 Å². The number of esters is 1. The Bertz CT molecular complexity index is 1040. The second kappa shape index (κ2) is 10.4. The number of hydrogen-bond donors (Lipinski definition) is 0. The van der Waals surface area contributed by atoms with Gasteiger partial charge < -0.3 is 9.64 Å². The molecule has 2 aromatic carbocycles. The molecule has 0 radical (unpaired) electrons. The molecule has 1 unspecified atom stereocenters. The van der Waals surface area contributed by atoms with Crippen LogP contribution in [0.25, 0.3) is 0 Å². The van der Waals surface area contributed by atoms with Gasteiger partial charge in [0.25, 0.3) is 11.6 Å². The maximum Gasteiger partial charge on any atom is 0.339 e. The smallest absolute Gasteiger partial charge is 0.339 e. The highest BCUT2D eigenvalue weighted by atomic mass is 35.5. The Kier molecular flexibility index (Phi) is 8.10. The number of hydrogen-bond acceptors (Lipinski definition) is 6. The van der Waals surface area contributed by atoms with Crippen LogP contribution in [-0.4, -0.2) is 45.7 Å². The van der Waals surface area contributed by atoms with Gasteiger partial charge in [-0.2, -0.15) is 0 Å². The molecule has 32 heavy (non-hydrogen) atoms. The van der Waals surface area contributed by atoms with Crippen LogP contribution in [0.4, 0.5) is 5.69 Å². The van der Waals surface area contributed by atoms with E-state index in [4.69, 9.17) is 16.3 Å². The van der Waals surface area contributed by atoms with E-state index in [2.05, 4.69) is 0 Å². The number of ketones is 1. The quantitative estimate of drug-likeness (QED) is 0.245. The maximum absolute atomic E-state index is 13.0. The van der Waals surface area contributed by atoms with Crippen molar-refractivity contribution < 1.29 is 24.0 Å². The van der Waals surface area contributed by atoms with E-state index in [9.17, 15) is 24.5 Å². The zero-order valence-corrected chi connectivity index (χ0v) is 19.3. The van der Waals surface area contributed by atoms with E-state index >= 15 is 0 Å². The molecule has 0 fully saturated rings. The van der Waals surface area contributed by atoms with Crippen molar-refractivity contribution in [2.75, 3.05) is 0 Å². The molecule has 0 heterocycles. The Morgan fingerprint density at radius 1 is 0.969 bits per heavy atom. The predicted molar refractivity (Wildman–Crippen MR) is 120 cm³/mol. The highest BCUT2D eigenvalue weighted by molar-refractivity contribution is 6.33. The van der Waals surface area contributed by atoms with E-state index in [0.717, 1.165) is 6.07 Å². The molecule has 0 bridgehead atoms. The van der Waals surface area contributed by atoms with Crippen LogP contribution in [0.2, 0.25) is 5.02 Å². The lowest BCUT2D eigenvalue weighted by Gasteiger charge is -2.32. The average Bonchev–Trinajstić information content (AvgIpc) is 2.72. The number of rotatable bonds is 8. The van der Waals surface area contributed by atoms with Gasteiger partial charge in [-0.3, -0.25) is 19.7 Å². The summed E-state index contributed by atoms with van der Waals surface area (Å²) in [5, 5.41) is 11.0. The maximum atomic E-state index is 13.0. The summed E-state index contributed by atoms with van der Waals surface area (Å²) >= 11 is 5.82. The lowest BCUT2D eigenvalue weighted by atomic mass is 9.98. The van der Waals surface area contributed by atoms with Crippen LogP contribution >= 0.6 is 11.6 Å². The van der Waals surface area contributed by atoms with Gasteiger partial charge >= 0.3 is 5.97 Å². The van der Waals surface area contributed by atoms with Crippen molar-refractivity contribution in [3.05, 3.63) is 74.3 Å². The normalized spacial score (nSPS) is 11.9. The molecule has 1 amide bonds. The van der Waals surface area contributed by atoms with Gasteiger partial charge in [0.2, 0.25) is 0 Å². The number of carbonyl (C=O) groups is 3. The van der Waals surface area contributed by atoms with Crippen LogP contribution in [0.3, 0.4) is 0 Å². The molecule has 0 aliphatic heterocycles. The minimum absolute atomic E-state index is 0.00153. The van der Waals surface area contributed by atoms with Crippen molar-refractivity contribution >= 4 is 34.9 Å². The first kappa shape index (κ1) is 25.0. The van der Waals surface area contributed by atoms with Gasteiger partial charge in [-0.25, -0.2) is 4.79 Å². The minimum atomic E-state index is -1.06. The van der Waals surface area contributed by atoms with Crippen LogP contribution in [-0.2, 0) is 9.53 Å². The second-order valence-corrected chi connectivity index (χ2v) is 8.19. The van der Waals surface area contributed by atoms with Crippen LogP contribution in [0.1, 0.15) is 60.9 Å². The van der Waals surface area contributed by atoms with E-state index in [0.29, 0.717) is 0 Å². The fourth-order valence-corrected chi connectivity index (χ4v) is 3.58. The molecule has 0 saturated heterocycles. The fourth-order valence-electron chi connectivity index (χ4n) is 3.40. The first-order chi connectivity index (χ1) is 15.0. The van der Waals surface area contributed by atoms with Gasteiger partial charge in [-0.05, 0) is 52.8 Å². The van der Waals surface area contributed by atoms with E-state index in [-0.39, 0.29) is 39.7 Å². The molecule has 0 aliphatic carbocycles. The number of carbonyl (C=O) groups excluding carboxylic acids is 3. The molecule has 2 rings (SSSR count). The molecular weight excluding hydrogens is 436 g/mol. The third kappa shape index (κ3) is 5.50. The van der Waals surface area contributed by atoms with Crippen molar-refractivity contribution in [1.82, 2.24) is 4.90 Å². The van der Waals surface area contributed by atoms with E-state index < -0.39 is 28.5 Å². The third-order valence-corrected chi connectivity index (χ3v) is 5.11. The number of benzene rings is 2. The summed E-state index contributed by atoms with van der Waals surface area (Å²) in [5.74, 6) is -1.80. The topological polar surface area (TPSA) is 107 Å². The van der Waals surface area contributed by atoms with E-state index in [1.807, 2.05) is 27.7 Å². The Morgan fingerprint density at radius 3 is 2.06 bits per heavy atom. The fraction of sp³-hybridized carbons (Fsp3) is 0.348. The van der Waals surface area contributed by atoms with Crippen molar-refractivity contribution in [3.8, 4) is 0 Å². The first-order valence-corrected chi connectivity index (χ1v) is 10.4. The van der Waals surface area contributed by atoms with Crippen LogP contribution < -0.4 is 0 Å². The number of ether oxygens (including phenoxy) is 1. The SMILES string of the molecule is CC(OC(=O)c1ccccc1C(=O)c1ccc(Cl)c([N+](=O)[O-])c1)C(=O)N(C(C)C)C(C)C. The molecule has 0 saturated carbocycles. The molecule has 9 heteroatoms. The van der Waals surface area contributed by atoms with Crippen molar-refractivity contribution in [2.24, 2.45) is 0 Å². The van der Waals surface area contributed by atoms with Gasteiger partial charge in [0.05, 0.1) is 10.5 Å². The van der Waals surface area contributed by atoms with Crippen LogP contribution in [0.5, 0.6) is 0 Å². The zero-order valence-electron chi connectivity index (χ0n) is 18.5. The lowest BCUT2D eigenvalue weighted by Crippen LogP contribution is -2.47. The zero-order chi connectivity index (χ0) is 24.2. The number of halogens is 1. The van der Waals surface area contributed by atoms with Gasteiger partial charge in [-0.1, -0.05) is 29.8 Å². The number of nitro benzene ring substituents is 1. The predicted octanol–water partition coefficient (Wildman–Crippen LogP) is 4.67. The summed E-state index contributed by atoms with van der Waals surface area (Å²) in [6.45, 7) is 8.94. The average molecular weight is 461 g/mol. The number of amides is 1. The standard InChI is InChI=1S/C23H25ClN2O6/c1-13(2)25(14(3)4)22(28)15(5)32-23(29)18-9-7-6-8-17(18)21(27)16-10-11-19(24)20(12-16)26(30)31/h6-15H,1-5H3. The molecular formula is C23H25ClN2O6. The summed E-state index contributed by atoms with van der Waals surface area (Å²) in [5.41, 5.74) is -0.468. The summed E-state index contributed by atoms with van der Waals surface area (Å²) in [6, 6.07) is 9.41. The lowest BCUT2D eigenvalue weighted by molar-refractivity contribution is -0.384. The van der Waals surface area contributed by atoms with Gasteiger partial charge in [-0.15, -0.1) is 0 Å². The summed E-state index contributed by atoms with van der Waals surface area (Å²) in [4.78, 5) is 50.7. The monoisotopic (exact) mass is 460 g/mol. The van der Waals surface area contributed by atoms with Gasteiger partial charge in [0.1, 0.15) is 5.02 Å². The highest BCUT2D eigenvalue weighted by Crippen LogP contribution is 2.27. The first-order valence-electron chi connectivity index (χ1n) is 10.1. The highest BCUT2D eigenvalue weighted by Gasteiger charge is 2.29. The number of nitrogens with zero attached hydrogens (tertiary/aromatic N) is 2. The molecule has 0 spiro atoms. The molecule has 0 aliphatic rings. The Morgan fingerprint density at radius 2 is 1.53 bits per heavy atom. The molecule has 2 aromatic rings. The largest absolute Gasteiger partial charge is 0.449 e. The van der Waals surface area contributed by atoms with Gasteiger partial charge in [0.15, 0.2) is 11.9 Å². The summed E-state index contributed by atoms with van der Waals surface area (Å²) in [7, 11) is 0. The molecule has 0 aromatic heterocycles. The minimum Gasteiger partial charge on any atom is -0.449 e. The van der Waals surface area contributed by atoms with Crippen LogP contribution in [0.15, 0.2) is 42.5 Å². The summed E-state index contributed by atoms with van der Waals surface area (Å²) in [6.07, 6.45) is -1.06. The summed E-state index contributed by atoms with van der Waals surface area (Å²) < 4.78 is 5.38. The van der Waals surface area contributed by atoms with Crippen molar-refractivity contribution in [1.29, 1.82) is 0 Å². The Hall–Kier alpha value is -3.26. The molecule has 0 N–H and O–H groups in total. The molecule has 1 atom stereocenters. The molecule has 8 nitrogen and oxygen atoms in total. The second-order valence-electron chi connectivity index (χ2n) is 7.78.